The van der Waals surface area contributed by atoms with E-state index in [4.69, 9.17) is 37.6 Å². The molecule has 16 heteroatoms. The molecule has 4 heterocycles. The van der Waals surface area contributed by atoms with Gasteiger partial charge in [0.05, 0.1) is 26.1 Å². The molecule has 13 nitrogen and oxygen atoms in total. The molecule has 4 saturated carbocycles. The zero-order valence-electron chi connectivity index (χ0n) is 27.6. The molecule has 3 aliphatic heterocycles. The highest BCUT2D eigenvalue weighted by molar-refractivity contribution is 5.77. The number of methoxy groups -OCH3 is 1. The van der Waals surface area contributed by atoms with Crippen LogP contribution in [0, 0.1) is 28.1 Å². The van der Waals surface area contributed by atoms with E-state index in [0.29, 0.717) is 0 Å². The highest BCUT2D eigenvalue weighted by Gasteiger charge is 3.04. The summed E-state index contributed by atoms with van der Waals surface area (Å²) in [6.45, 7) is 7.86. The molecule has 13 unspecified atom stereocenters. The Bertz CT molecular complexity index is 1680. The summed E-state index contributed by atoms with van der Waals surface area (Å²) >= 11 is 0. The van der Waals surface area contributed by atoms with Crippen LogP contribution in [0.5, 0.6) is 0 Å². The molecule has 7 fully saturated rings. The molecule has 3 saturated heterocycles. The van der Waals surface area contributed by atoms with E-state index in [0.717, 1.165) is 13.2 Å². The minimum atomic E-state index is -5.35. The van der Waals surface area contributed by atoms with Crippen molar-refractivity contribution in [3.8, 4) is 0 Å². The van der Waals surface area contributed by atoms with E-state index in [-0.39, 0.29) is 31.2 Å². The van der Waals surface area contributed by atoms with Crippen LogP contribution in [-0.4, -0.2) is 82.9 Å². The van der Waals surface area contributed by atoms with Crippen LogP contribution < -0.4 is 0 Å². The lowest BCUT2D eigenvalue weighted by Crippen LogP contribution is -2.94. The Morgan fingerprint density at radius 2 is 1.78 bits per heavy atom. The summed E-state index contributed by atoms with van der Waals surface area (Å²) in [4.78, 5) is 52.2. The zero-order chi connectivity index (χ0) is 35.6. The predicted octanol–water partition coefficient (Wildman–Crippen LogP) is 3.41. The molecule has 3 spiro atoms. The topological polar surface area (TPSA) is 166 Å². The third-order valence-electron chi connectivity index (χ3n) is 13.7. The Labute approximate surface area is 277 Å². The van der Waals surface area contributed by atoms with Crippen molar-refractivity contribution < 1.29 is 75.0 Å². The van der Waals surface area contributed by atoms with Gasteiger partial charge in [-0.3, -0.25) is 14.4 Å². The quantitative estimate of drug-likeness (QED) is 0.340. The summed E-state index contributed by atoms with van der Waals surface area (Å²) < 4.78 is 89.6. The first-order valence-corrected chi connectivity index (χ1v) is 16.2. The summed E-state index contributed by atoms with van der Waals surface area (Å²) in [5, 5.41) is 13.4. The number of carbonyl (C=O) groups is 4. The molecule has 1 aromatic heterocycles. The molecule has 4 bridgehead atoms. The minimum Gasteiger partial charge on any atom is -0.472 e. The van der Waals surface area contributed by atoms with Crippen molar-refractivity contribution in [2.45, 2.75) is 120 Å². The Hall–Kier alpha value is -3.21. The van der Waals surface area contributed by atoms with E-state index < -0.39 is 111 Å². The summed E-state index contributed by atoms with van der Waals surface area (Å²) in [6, 6.07) is 1.37. The molecule has 0 radical (unpaired) electrons. The first kappa shape index (κ1) is 33.0. The molecule has 4 aliphatic carbocycles. The SMILES string of the molecule is COC(=O)CC1C2(C)CC34OC5(C)OC67C(CC(=O)OC6C3(O)C2OC(C)=O)C(C)(C(OC(=O)C(F)(F)F)c2ccoc2)CCC7(O5)C14C. The maximum atomic E-state index is 13.8. The maximum absolute atomic E-state index is 13.8. The fourth-order valence-corrected chi connectivity index (χ4v) is 12.4. The highest BCUT2D eigenvalue weighted by Crippen LogP contribution is 2.90. The van der Waals surface area contributed by atoms with E-state index in [1.807, 2.05) is 6.92 Å². The lowest BCUT2D eigenvalue weighted by atomic mass is 9.33. The molecule has 49 heavy (non-hydrogen) atoms. The van der Waals surface area contributed by atoms with Crippen LogP contribution in [0.25, 0.3) is 0 Å². The van der Waals surface area contributed by atoms with Gasteiger partial charge in [-0.2, -0.15) is 13.2 Å². The summed E-state index contributed by atoms with van der Waals surface area (Å²) in [5.74, 6) is -8.39. The Morgan fingerprint density at radius 1 is 1.08 bits per heavy atom. The largest absolute Gasteiger partial charge is 0.490 e. The van der Waals surface area contributed by atoms with Crippen LogP contribution in [-0.2, 0) is 52.3 Å². The van der Waals surface area contributed by atoms with Gasteiger partial charge in [0.15, 0.2) is 11.7 Å². The monoisotopic (exact) mass is 698 g/mol. The number of alkyl halides is 3. The van der Waals surface area contributed by atoms with Crippen molar-refractivity contribution in [3.63, 3.8) is 0 Å². The van der Waals surface area contributed by atoms with Crippen molar-refractivity contribution in [2.24, 2.45) is 28.1 Å². The molecule has 8 rings (SSSR count). The van der Waals surface area contributed by atoms with Crippen LogP contribution in [0.15, 0.2) is 23.0 Å². The highest BCUT2D eigenvalue weighted by atomic mass is 19.4. The van der Waals surface area contributed by atoms with Gasteiger partial charge in [0.1, 0.15) is 29.0 Å². The number of rotatable bonds is 6. The van der Waals surface area contributed by atoms with E-state index >= 15 is 0 Å². The van der Waals surface area contributed by atoms with Crippen LogP contribution in [0.3, 0.4) is 0 Å². The van der Waals surface area contributed by atoms with Gasteiger partial charge in [0.25, 0.3) is 5.97 Å². The van der Waals surface area contributed by atoms with Crippen LogP contribution in [0.4, 0.5) is 13.2 Å². The van der Waals surface area contributed by atoms with E-state index in [1.54, 1.807) is 13.8 Å². The van der Waals surface area contributed by atoms with Crippen molar-refractivity contribution in [2.75, 3.05) is 7.11 Å². The Balaban J connectivity index is 1.41. The third-order valence-corrected chi connectivity index (χ3v) is 13.7. The molecule has 268 valence electrons. The first-order chi connectivity index (χ1) is 22.7. The smallest absolute Gasteiger partial charge is 0.472 e. The predicted molar refractivity (Wildman–Crippen MR) is 150 cm³/mol. The summed E-state index contributed by atoms with van der Waals surface area (Å²) in [5.41, 5.74) is -11.3. The number of hydrogen-bond donors (Lipinski definition) is 1. The standard InChI is InChI=1S/C33H37F3O13/c1-15(37)44-22-26(3)14-30-27(4,17(26)11-19(38)42-6)29-9-8-25(2,21(16-7-10-43-13-16)46-24(40)33(34,35)36)18-12-20(39)45-23(31(22,30)41)32(18,29)49-28(5,47-29)48-30/h7,10,13,17-18,21-23,41H,8-9,11-12,14H2,1-6H3. The van der Waals surface area contributed by atoms with Gasteiger partial charge < -0.3 is 42.7 Å². The molecule has 13 atom stereocenters. The van der Waals surface area contributed by atoms with Crippen molar-refractivity contribution in [3.05, 3.63) is 24.2 Å². The van der Waals surface area contributed by atoms with Gasteiger partial charge in [-0.15, -0.1) is 0 Å². The summed E-state index contributed by atoms with van der Waals surface area (Å²) in [7, 11) is 1.24. The molecular formula is C33H37F3O13. The Morgan fingerprint density at radius 3 is 2.39 bits per heavy atom. The van der Waals surface area contributed by atoms with Crippen LogP contribution in [0.1, 0.15) is 78.4 Å². The number of hydrogen-bond acceptors (Lipinski definition) is 13. The van der Waals surface area contributed by atoms with E-state index in [2.05, 4.69) is 0 Å². The zero-order valence-corrected chi connectivity index (χ0v) is 27.6. The van der Waals surface area contributed by atoms with Crippen molar-refractivity contribution in [1.29, 1.82) is 0 Å². The first-order valence-electron chi connectivity index (χ1n) is 16.2. The van der Waals surface area contributed by atoms with Crippen molar-refractivity contribution >= 4 is 23.9 Å². The van der Waals surface area contributed by atoms with Crippen LogP contribution >= 0.6 is 0 Å². The average Bonchev–Trinajstić information content (AvgIpc) is 3.69. The average molecular weight is 699 g/mol. The lowest BCUT2D eigenvalue weighted by molar-refractivity contribution is -0.479. The molecular weight excluding hydrogens is 661 g/mol. The lowest BCUT2D eigenvalue weighted by Gasteiger charge is -2.77. The normalized spacial score (nSPS) is 50.4. The maximum Gasteiger partial charge on any atom is 0.490 e. The van der Waals surface area contributed by atoms with E-state index in [9.17, 15) is 37.5 Å². The van der Waals surface area contributed by atoms with E-state index in [1.165, 1.54) is 26.4 Å². The fourth-order valence-electron chi connectivity index (χ4n) is 12.4. The molecule has 0 amide bonds. The van der Waals surface area contributed by atoms with Gasteiger partial charge in [-0.25, -0.2) is 4.79 Å². The molecule has 1 aromatic rings. The van der Waals surface area contributed by atoms with Gasteiger partial charge >= 0.3 is 30.1 Å². The number of halogens is 3. The molecule has 7 aliphatic rings. The molecule has 0 aromatic carbocycles. The second kappa shape index (κ2) is 9.17. The van der Waals surface area contributed by atoms with Gasteiger partial charge in [0, 0.05) is 48.0 Å². The van der Waals surface area contributed by atoms with Gasteiger partial charge in [-0.05, 0) is 31.2 Å². The second-order valence-corrected chi connectivity index (χ2v) is 15.6. The number of fused-ring (bicyclic) bond motifs is 3. The fraction of sp³-hybridized carbons (Fsp3) is 0.758. The number of carbonyl (C=O) groups excluding carboxylic acids is 4. The number of esters is 4. The van der Waals surface area contributed by atoms with Gasteiger partial charge in [0.2, 0.25) is 0 Å². The third kappa shape index (κ3) is 3.34. The van der Waals surface area contributed by atoms with Crippen molar-refractivity contribution in [1.82, 2.24) is 0 Å². The number of aliphatic hydroxyl groups is 1. The van der Waals surface area contributed by atoms with Crippen LogP contribution in [0.2, 0.25) is 0 Å². The molecule has 1 N–H and O–H groups in total. The second-order valence-electron chi connectivity index (χ2n) is 15.6. The number of ether oxygens (including phenoxy) is 7. The minimum absolute atomic E-state index is 0.0268. The number of furan rings is 1. The Kier molecular flexibility index (Phi) is 6.17. The van der Waals surface area contributed by atoms with Gasteiger partial charge in [-0.1, -0.05) is 20.8 Å². The summed E-state index contributed by atoms with van der Waals surface area (Å²) in [6.07, 6.45) is -8.18.